The molecular formula is C13H30N2. The molecule has 2 heteroatoms. The van der Waals surface area contributed by atoms with E-state index < -0.39 is 0 Å². The van der Waals surface area contributed by atoms with Crippen LogP contribution >= 0.6 is 0 Å². The lowest BCUT2D eigenvalue weighted by Crippen LogP contribution is -2.39. The van der Waals surface area contributed by atoms with Gasteiger partial charge in [0, 0.05) is 19.1 Å². The number of nitrogens with zero attached hydrogens (tertiary/aromatic N) is 1. The molecule has 0 spiro atoms. The van der Waals surface area contributed by atoms with E-state index in [0.29, 0.717) is 6.04 Å². The number of nitrogens with one attached hydrogen (secondary N) is 1. The molecule has 0 aliphatic heterocycles. The highest BCUT2D eigenvalue weighted by Gasteiger charge is 2.15. The van der Waals surface area contributed by atoms with Crippen LogP contribution in [0.4, 0.5) is 0 Å². The molecule has 92 valence electrons. The van der Waals surface area contributed by atoms with Crippen molar-refractivity contribution in [1.29, 1.82) is 0 Å². The molecule has 0 bridgehead atoms. The van der Waals surface area contributed by atoms with Gasteiger partial charge in [-0.2, -0.15) is 0 Å². The summed E-state index contributed by atoms with van der Waals surface area (Å²) in [4.78, 5) is 2.63. The summed E-state index contributed by atoms with van der Waals surface area (Å²) in [6.07, 6.45) is 1.25. The van der Waals surface area contributed by atoms with E-state index in [1.807, 2.05) is 7.05 Å². The lowest BCUT2D eigenvalue weighted by molar-refractivity contribution is 0.159. The largest absolute Gasteiger partial charge is 0.320 e. The summed E-state index contributed by atoms with van der Waals surface area (Å²) in [5, 5.41) is 3.23. The lowest BCUT2D eigenvalue weighted by Gasteiger charge is -2.32. The normalized spacial score (nSPS) is 14.2. The summed E-state index contributed by atoms with van der Waals surface area (Å²) in [7, 11) is 2.03. The number of hydrogen-bond acceptors (Lipinski definition) is 2. The predicted octanol–water partition coefficient (Wildman–Crippen LogP) is 2.60. The zero-order chi connectivity index (χ0) is 11.8. The summed E-state index contributed by atoms with van der Waals surface area (Å²) in [6.45, 7) is 15.1. The zero-order valence-corrected chi connectivity index (χ0v) is 11.5. The second-order valence-corrected chi connectivity index (χ2v) is 5.48. The first-order chi connectivity index (χ1) is 6.97. The molecule has 0 rings (SSSR count). The van der Waals surface area contributed by atoms with Crippen LogP contribution in [0.15, 0.2) is 0 Å². The molecule has 1 atom stereocenters. The second kappa shape index (κ2) is 8.12. The molecule has 0 amide bonds. The van der Waals surface area contributed by atoms with Gasteiger partial charge in [-0.25, -0.2) is 0 Å². The van der Waals surface area contributed by atoms with E-state index in [4.69, 9.17) is 0 Å². The molecule has 15 heavy (non-hydrogen) atoms. The van der Waals surface area contributed by atoms with Gasteiger partial charge in [0.2, 0.25) is 0 Å². The minimum absolute atomic E-state index is 0.697. The van der Waals surface area contributed by atoms with Crippen molar-refractivity contribution in [2.45, 2.75) is 47.1 Å². The van der Waals surface area contributed by atoms with Crippen molar-refractivity contribution >= 4 is 0 Å². The maximum atomic E-state index is 3.23. The van der Waals surface area contributed by atoms with Gasteiger partial charge in [0.15, 0.2) is 0 Å². The fourth-order valence-electron chi connectivity index (χ4n) is 1.91. The van der Waals surface area contributed by atoms with E-state index >= 15 is 0 Å². The van der Waals surface area contributed by atoms with Gasteiger partial charge in [-0.15, -0.1) is 0 Å². The van der Waals surface area contributed by atoms with Gasteiger partial charge >= 0.3 is 0 Å². The lowest BCUT2D eigenvalue weighted by atomic mass is 10.1. The van der Waals surface area contributed by atoms with Crippen LogP contribution in [-0.2, 0) is 0 Å². The Hall–Kier alpha value is -0.0800. The first-order valence-electron chi connectivity index (χ1n) is 6.36. The third-order valence-electron chi connectivity index (χ3n) is 2.63. The molecule has 0 aliphatic carbocycles. The fraction of sp³-hybridized carbons (Fsp3) is 1.00. The Bertz CT molecular complexity index is 133. The van der Waals surface area contributed by atoms with Gasteiger partial charge in [-0.1, -0.05) is 27.7 Å². The van der Waals surface area contributed by atoms with Gasteiger partial charge in [-0.05, 0) is 38.8 Å². The average Bonchev–Trinajstić information content (AvgIpc) is 2.11. The van der Waals surface area contributed by atoms with Crippen molar-refractivity contribution in [1.82, 2.24) is 10.2 Å². The van der Waals surface area contributed by atoms with Crippen LogP contribution in [0.25, 0.3) is 0 Å². The molecule has 0 aromatic heterocycles. The van der Waals surface area contributed by atoms with Gasteiger partial charge in [-0.3, -0.25) is 0 Å². The van der Waals surface area contributed by atoms with Crippen LogP contribution in [-0.4, -0.2) is 37.6 Å². The molecule has 0 saturated heterocycles. The summed E-state index contributed by atoms with van der Waals surface area (Å²) >= 11 is 0. The minimum atomic E-state index is 0.697. The Balaban J connectivity index is 4.07. The van der Waals surface area contributed by atoms with Gasteiger partial charge in [0.1, 0.15) is 0 Å². The van der Waals surface area contributed by atoms with E-state index in [1.54, 1.807) is 0 Å². The molecule has 1 N–H and O–H groups in total. The number of rotatable bonds is 8. The van der Waals surface area contributed by atoms with E-state index in [0.717, 1.165) is 18.4 Å². The van der Waals surface area contributed by atoms with Crippen LogP contribution in [0.2, 0.25) is 0 Å². The monoisotopic (exact) mass is 214 g/mol. The summed E-state index contributed by atoms with van der Waals surface area (Å²) in [5.74, 6) is 1.53. The van der Waals surface area contributed by atoms with Crippen LogP contribution in [0.1, 0.15) is 41.0 Å². The average molecular weight is 214 g/mol. The molecule has 1 unspecified atom stereocenters. The maximum absolute atomic E-state index is 3.23. The molecule has 0 aromatic carbocycles. The number of hydrogen-bond donors (Lipinski definition) is 1. The smallest absolute Gasteiger partial charge is 0.00792 e. The third kappa shape index (κ3) is 7.80. The van der Waals surface area contributed by atoms with Gasteiger partial charge < -0.3 is 10.2 Å². The molecule has 0 heterocycles. The topological polar surface area (TPSA) is 15.3 Å². The fourth-order valence-corrected chi connectivity index (χ4v) is 1.91. The van der Waals surface area contributed by atoms with Gasteiger partial charge in [0.05, 0.1) is 0 Å². The van der Waals surface area contributed by atoms with Crippen molar-refractivity contribution in [2.24, 2.45) is 11.8 Å². The van der Waals surface area contributed by atoms with E-state index in [9.17, 15) is 0 Å². The summed E-state index contributed by atoms with van der Waals surface area (Å²) in [6, 6.07) is 0.697. The third-order valence-corrected chi connectivity index (χ3v) is 2.63. The quantitative estimate of drug-likeness (QED) is 0.668. The maximum Gasteiger partial charge on any atom is 0.00792 e. The summed E-state index contributed by atoms with van der Waals surface area (Å²) in [5.41, 5.74) is 0. The van der Waals surface area contributed by atoms with Crippen molar-refractivity contribution in [3.63, 3.8) is 0 Å². The highest BCUT2D eigenvalue weighted by Crippen LogP contribution is 2.10. The van der Waals surface area contributed by atoms with E-state index in [-0.39, 0.29) is 0 Å². The minimum Gasteiger partial charge on any atom is -0.320 e. The van der Waals surface area contributed by atoms with Crippen molar-refractivity contribution < 1.29 is 0 Å². The van der Waals surface area contributed by atoms with Crippen molar-refractivity contribution in [3.05, 3.63) is 0 Å². The zero-order valence-electron chi connectivity index (χ0n) is 11.5. The van der Waals surface area contributed by atoms with Crippen LogP contribution in [0.5, 0.6) is 0 Å². The Morgan fingerprint density at radius 3 is 1.73 bits per heavy atom. The predicted molar refractivity (Wildman–Crippen MR) is 69.3 cm³/mol. The standard InChI is InChI=1S/C13H30N2/c1-11(2)9-15(10-12(3)4)13(5)7-8-14-6/h11-14H,7-10H2,1-6H3. The van der Waals surface area contributed by atoms with Gasteiger partial charge in [0.25, 0.3) is 0 Å². The Morgan fingerprint density at radius 1 is 0.933 bits per heavy atom. The Morgan fingerprint density at radius 2 is 1.40 bits per heavy atom. The second-order valence-electron chi connectivity index (χ2n) is 5.48. The van der Waals surface area contributed by atoms with E-state index in [2.05, 4.69) is 44.8 Å². The molecule has 0 saturated carbocycles. The van der Waals surface area contributed by atoms with Crippen molar-refractivity contribution in [3.8, 4) is 0 Å². The molecular weight excluding hydrogens is 184 g/mol. The molecule has 0 radical (unpaired) electrons. The molecule has 2 nitrogen and oxygen atoms in total. The SMILES string of the molecule is CNCCC(C)N(CC(C)C)CC(C)C. The Labute approximate surface area is 96.4 Å². The van der Waals surface area contributed by atoms with Crippen LogP contribution in [0, 0.1) is 11.8 Å². The molecule has 0 fully saturated rings. The first kappa shape index (κ1) is 14.9. The summed E-state index contributed by atoms with van der Waals surface area (Å²) < 4.78 is 0. The molecule has 0 aliphatic rings. The van der Waals surface area contributed by atoms with Crippen molar-refractivity contribution in [2.75, 3.05) is 26.7 Å². The molecule has 0 aromatic rings. The first-order valence-corrected chi connectivity index (χ1v) is 6.36. The Kier molecular flexibility index (Phi) is 8.07. The van der Waals surface area contributed by atoms with Crippen LogP contribution in [0.3, 0.4) is 0 Å². The highest BCUT2D eigenvalue weighted by molar-refractivity contribution is 4.70. The highest BCUT2D eigenvalue weighted by atomic mass is 15.2. The van der Waals surface area contributed by atoms with E-state index in [1.165, 1.54) is 19.5 Å². The van der Waals surface area contributed by atoms with Crippen LogP contribution < -0.4 is 5.32 Å².